The molecule has 1 aromatic heterocycles. The molecule has 41 heavy (non-hydrogen) atoms. The Morgan fingerprint density at radius 2 is 1.66 bits per heavy atom. The molecule has 8 heteroatoms. The molecular formula is C33H47FN4O3. The van der Waals surface area contributed by atoms with Gasteiger partial charge >= 0.3 is 0 Å². The summed E-state index contributed by atoms with van der Waals surface area (Å²) in [5, 5.41) is 12.2. The maximum absolute atomic E-state index is 13.7. The van der Waals surface area contributed by atoms with Crippen molar-refractivity contribution >= 4 is 12.1 Å². The lowest BCUT2D eigenvalue weighted by Crippen LogP contribution is -2.22. The SMILES string of the molecule is C=CC(C)O.CCCCCCCCC.CN/N=C(/N)c1c(C=O)cc(C)n1-c1ccc(Oc2ccccc2F)cc1. The van der Waals surface area contributed by atoms with E-state index in [-0.39, 0.29) is 17.7 Å². The van der Waals surface area contributed by atoms with Gasteiger partial charge in [-0.3, -0.25) is 4.79 Å². The van der Waals surface area contributed by atoms with Gasteiger partial charge in [-0.05, 0) is 56.3 Å². The first-order valence-corrected chi connectivity index (χ1v) is 14.2. The largest absolute Gasteiger partial charge is 0.454 e. The molecule has 0 amide bonds. The van der Waals surface area contributed by atoms with Gasteiger partial charge in [-0.2, -0.15) is 5.10 Å². The molecule has 224 valence electrons. The summed E-state index contributed by atoms with van der Waals surface area (Å²) in [6, 6.07) is 15.0. The van der Waals surface area contributed by atoms with Gasteiger partial charge in [-0.1, -0.05) is 77.0 Å². The van der Waals surface area contributed by atoms with Gasteiger partial charge in [0.05, 0.1) is 6.10 Å². The lowest BCUT2D eigenvalue weighted by Gasteiger charge is -2.13. The number of para-hydroxylation sites is 1. The zero-order chi connectivity index (χ0) is 30.6. The molecule has 0 saturated heterocycles. The summed E-state index contributed by atoms with van der Waals surface area (Å²) in [5.74, 6) is 0.399. The Morgan fingerprint density at radius 1 is 1.10 bits per heavy atom. The normalized spacial score (nSPS) is 11.3. The van der Waals surface area contributed by atoms with Crippen LogP contribution in [0.4, 0.5) is 4.39 Å². The lowest BCUT2D eigenvalue weighted by molar-refractivity contribution is 0.112. The average Bonchev–Trinajstić information content (AvgIpc) is 3.31. The number of unbranched alkanes of at least 4 members (excludes halogenated alkanes) is 6. The van der Waals surface area contributed by atoms with Gasteiger partial charge in [0, 0.05) is 24.0 Å². The second-order valence-electron chi connectivity index (χ2n) is 9.53. The van der Waals surface area contributed by atoms with Crippen LogP contribution in [0, 0.1) is 12.7 Å². The predicted octanol–water partition coefficient (Wildman–Crippen LogP) is 7.68. The van der Waals surface area contributed by atoms with Crippen LogP contribution >= 0.6 is 0 Å². The summed E-state index contributed by atoms with van der Waals surface area (Å²) in [5.41, 5.74) is 11.2. The van der Waals surface area contributed by atoms with Gasteiger partial charge in [0.25, 0.3) is 0 Å². The van der Waals surface area contributed by atoms with Crippen molar-refractivity contribution in [1.29, 1.82) is 0 Å². The molecule has 0 spiro atoms. The van der Waals surface area contributed by atoms with Crippen LogP contribution in [0.5, 0.6) is 11.5 Å². The number of aryl methyl sites for hydroxylation is 1. The Balaban J connectivity index is 0.000000499. The Morgan fingerprint density at radius 3 is 2.15 bits per heavy atom. The highest BCUT2D eigenvalue weighted by Crippen LogP contribution is 2.27. The van der Waals surface area contributed by atoms with Crippen LogP contribution in [0.1, 0.15) is 87.5 Å². The van der Waals surface area contributed by atoms with Gasteiger partial charge in [0.15, 0.2) is 23.7 Å². The minimum absolute atomic E-state index is 0.150. The van der Waals surface area contributed by atoms with E-state index in [0.29, 0.717) is 17.0 Å². The summed E-state index contributed by atoms with van der Waals surface area (Å²) < 4.78 is 21.1. The molecule has 0 fully saturated rings. The van der Waals surface area contributed by atoms with Crippen LogP contribution in [-0.4, -0.2) is 34.9 Å². The van der Waals surface area contributed by atoms with Crippen LogP contribution in [0.2, 0.25) is 0 Å². The molecule has 2 aromatic carbocycles. The molecule has 4 N–H and O–H groups in total. The van der Waals surface area contributed by atoms with E-state index < -0.39 is 5.82 Å². The van der Waals surface area contributed by atoms with Crippen LogP contribution in [0.3, 0.4) is 0 Å². The van der Waals surface area contributed by atoms with Gasteiger partial charge in [0.1, 0.15) is 11.4 Å². The van der Waals surface area contributed by atoms with Crippen molar-refractivity contribution in [1.82, 2.24) is 9.99 Å². The Bertz CT molecular complexity index is 1200. The number of nitrogens with one attached hydrogen (secondary N) is 1. The van der Waals surface area contributed by atoms with E-state index in [4.69, 9.17) is 15.6 Å². The van der Waals surface area contributed by atoms with Crippen molar-refractivity contribution in [2.24, 2.45) is 10.8 Å². The molecule has 0 saturated carbocycles. The van der Waals surface area contributed by atoms with Crippen molar-refractivity contribution < 1.29 is 19.0 Å². The third-order valence-corrected chi connectivity index (χ3v) is 6.02. The first-order valence-electron chi connectivity index (χ1n) is 14.2. The molecule has 7 nitrogen and oxygen atoms in total. The highest BCUT2D eigenvalue weighted by molar-refractivity contribution is 6.03. The molecule has 1 atom stereocenters. The number of carbonyl (C=O) groups is 1. The fourth-order valence-electron chi connectivity index (χ4n) is 3.87. The summed E-state index contributed by atoms with van der Waals surface area (Å²) in [4.78, 5) is 11.4. The van der Waals surface area contributed by atoms with Crippen LogP contribution in [0.15, 0.2) is 72.4 Å². The van der Waals surface area contributed by atoms with E-state index in [1.165, 1.54) is 57.1 Å². The number of aliphatic hydroxyl groups is 1. The zero-order valence-electron chi connectivity index (χ0n) is 25.2. The molecule has 3 rings (SSSR count). The van der Waals surface area contributed by atoms with Crippen molar-refractivity contribution in [2.45, 2.75) is 78.7 Å². The number of aldehydes is 1. The number of amidine groups is 1. The number of nitrogens with two attached hydrogens (primary N) is 1. The number of ether oxygens (including phenoxy) is 1. The smallest absolute Gasteiger partial charge is 0.168 e. The number of halogens is 1. The van der Waals surface area contributed by atoms with E-state index in [1.807, 2.05) is 11.5 Å². The van der Waals surface area contributed by atoms with Crippen molar-refractivity contribution in [2.75, 3.05) is 7.05 Å². The first kappa shape index (κ1) is 35.1. The lowest BCUT2D eigenvalue weighted by atomic mass is 10.1. The Labute approximate surface area is 244 Å². The van der Waals surface area contributed by atoms with Crippen LogP contribution < -0.4 is 15.9 Å². The number of hydrazone groups is 1. The predicted molar refractivity (Wildman–Crippen MR) is 168 cm³/mol. The Kier molecular flexibility index (Phi) is 17.2. The van der Waals surface area contributed by atoms with Crippen LogP contribution in [-0.2, 0) is 0 Å². The molecule has 0 aliphatic carbocycles. The van der Waals surface area contributed by atoms with Gasteiger partial charge in [0.2, 0.25) is 0 Å². The number of aromatic nitrogens is 1. The zero-order valence-corrected chi connectivity index (χ0v) is 25.2. The second kappa shape index (κ2) is 20.0. The van der Waals surface area contributed by atoms with E-state index in [1.54, 1.807) is 62.5 Å². The van der Waals surface area contributed by atoms with E-state index in [0.717, 1.165) is 17.7 Å². The number of benzene rings is 2. The number of rotatable bonds is 13. The number of carbonyl (C=O) groups excluding carboxylic acids is 1. The quantitative estimate of drug-likeness (QED) is 0.0492. The fourth-order valence-corrected chi connectivity index (χ4v) is 3.87. The number of hydrogen-bond acceptors (Lipinski definition) is 5. The molecule has 0 aliphatic heterocycles. The third-order valence-electron chi connectivity index (χ3n) is 6.02. The van der Waals surface area contributed by atoms with Crippen LogP contribution in [0.25, 0.3) is 5.69 Å². The van der Waals surface area contributed by atoms with Gasteiger partial charge < -0.3 is 25.6 Å². The van der Waals surface area contributed by atoms with E-state index >= 15 is 0 Å². The summed E-state index contributed by atoms with van der Waals surface area (Å²) in [7, 11) is 1.63. The summed E-state index contributed by atoms with van der Waals surface area (Å²) in [6.07, 6.45) is 11.8. The van der Waals surface area contributed by atoms with E-state index in [2.05, 4.69) is 31.0 Å². The molecule has 0 bridgehead atoms. The minimum atomic E-state index is -0.434. The van der Waals surface area contributed by atoms with Crippen molar-refractivity contribution in [3.05, 3.63) is 90.0 Å². The summed E-state index contributed by atoms with van der Waals surface area (Å²) in [6.45, 7) is 11.4. The van der Waals surface area contributed by atoms with Crippen molar-refractivity contribution in [3.8, 4) is 17.2 Å². The average molecular weight is 567 g/mol. The second-order valence-corrected chi connectivity index (χ2v) is 9.53. The number of aliphatic hydroxyl groups excluding tert-OH is 1. The van der Waals surface area contributed by atoms with Crippen molar-refractivity contribution in [3.63, 3.8) is 0 Å². The summed E-state index contributed by atoms with van der Waals surface area (Å²) >= 11 is 0. The molecular weight excluding hydrogens is 519 g/mol. The third kappa shape index (κ3) is 12.4. The fraction of sp³-hybridized carbons (Fsp3) is 0.394. The van der Waals surface area contributed by atoms with E-state index in [9.17, 15) is 9.18 Å². The molecule has 0 radical (unpaired) electrons. The topological polar surface area (TPSA) is 102 Å². The number of hydrogen-bond donors (Lipinski definition) is 3. The highest BCUT2D eigenvalue weighted by Gasteiger charge is 2.17. The monoisotopic (exact) mass is 566 g/mol. The molecule has 1 heterocycles. The molecule has 1 unspecified atom stereocenters. The maximum atomic E-state index is 13.7. The highest BCUT2D eigenvalue weighted by atomic mass is 19.1. The standard InChI is InChI=1S/C20H19FN4O2.C9H20.C4H8O/c1-13-11-14(12-26)19(20(22)24-23-2)25(13)15-7-9-16(10-8-15)27-18-6-4-3-5-17(18)21;1-3-5-7-9-8-6-4-2;1-3-4(2)5/h3-12,23H,1-2H3,(H2,22,24);3-9H2,1-2H3;3-5H,1H2,2H3. The molecule has 3 aromatic rings. The minimum Gasteiger partial charge on any atom is -0.454 e. The van der Waals surface area contributed by atoms with Gasteiger partial charge in [-0.15, -0.1) is 6.58 Å². The number of nitrogens with zero attached hydrogens (tertiary/aromatic N) is 2. The van der Waals surface area contributed by atoms with Gasteiger partial charge in [-0.25, -0.2) is 4.39 Å². The Hall–Kier alpha value is -3.91. The molecule has 0 aliphatic rings. The first-order chi connectivity index (χ1) is 19.7. The maximum Gasteiger partial charge on any atom is 0.168 e.